The van der Waals surface area contributed by atoms with Crippen molar-refractivity contribution in [3.63, 3.8) is 0 Å². The number of nitrogens with zero attached hydrogens (tertiary/aromatic N) is 7. The molecule has 0 bridgehead atoms. The minimum absolute atomic E-state index is 0.0344. The van der Waals surface area contributed by atoms with Gasteiger partial charge in [-0.1, -0.05) is 18.2 Å². The van der Waals surface area contributed by atoms with Gasteiger partial charge in [0, 0.05) is 47.9 Å². The fourth-order valence-electron chi connectivity index (χ4n) is 5.08. The molecule has 228 valence electrons. The van der Waals surface area contributed by atoms with E-state index < -0.39 is 24.4 Å². The van der Waals surface area contributed by atoms with E-state index in [0.717, 1.165) is 12.1 Å². The highest BCUT2D eigenvalue weighted by atomic mass is 19.4. The molecule has 44 heavy (non-hydrogen) atoms. The van der Waals surface area contributed by atoms with Gasteiger partial charge in [0.25, 0.3) is 0 Å². The van der Waals surface area contributed by atoms with Crippen molar-refractivity contribution in [3.8, 4) is 17.3 Å². The smallest absolute Gasteiger partial charge is 0.401 e. The number of aliphatic hydroxyl groups excluding tert-OH is 1. The van der Waals surface area contributed by atoms with Crippen molar-refractivity contribution in [1.29, 1.82) is 0 Å². The molecule has 6 rings (SSSR count). The molecule has 0 saturated heterocycles. The van der Waals surface area contributed by atoms with E-state index in [1.54, 1.807) is 43.5 Å². The van der Waals surface area contributed by atoms with Gasteiger partial charge in [-0.15, -0.1) is 0 Å². The zero-order valence-corrected chi connectivity index (χ0v) is 23.2. The van der Waals surface area contributed by atoms with Crippen LogP contribution in [-0.2, 0) is 19.6 Å². The van der Waals surface area contributed by atoms with Gasteiger partial charge in [0.15, 0.2) is 5.82 Å². The molecule has 0 saturated carbocycles. The maximum absolute atomic E-state index is 15.0. The highest BCUT2D eigenvalue weighted by Crippen LogP contribution is 2.35. The molecule has 0 fully saturated rings. The standard InChI is InChI=1S/C29H25F5N8O2/c1-16-35-7-6-25(36-16)38-27-20-12-41(15-29(32,33)34)14-23(20)37-28(39-27)26-18-4-2-3-5-24(18)42(40-26)13-19-21(30)10-17(11-22(19)31)44-9-8-43/h2-7,10-11,43H,8-9,12-15H2,1H3,(H,35,36,37,38,39). The van der Waals surface area contributed by atoms with Crippen LogP contribution in [-0.4, -0.2) is 65.7 Å². The van der Waals surface area contributed by atoms with Crippen LogP contribution in [0.4, 0.5) is 33.6 Å². The van der Waals surface area contributed by atoms with Crippen molar-refractivity contribution >= 4 is 22.5 Å². The highest BCUT2D eigenvalue weighted by molar-refractivity contribution is 5.92. The summed E-state index contributed by atoms with van der Waals surface area (Å²) in [6.07, 6.45) is -2.86. The Morgan fingerprint density at radius 1 is 1.02 bits per heavy atom. The van der Waals surface area contributed by atoms with Crippen molar-refractivity contribution in [1.82, 2.24) is 34.6 Å². The molecular weight excluding hydrogens is 587 g/mol. The molecule has 1 aliphatic heterocycles. The van der Waals surface area contributed by atoms with Crippen molar-refractivity contribution in [2.45, 2.75) is 32.7 Å². The lowest BCUT2D eigenvalue weighted by molar-refractivity contribution is -0.147. The number of hydrogen-bond donors (Lipinski definition) is 2. The number of ether oxygens (including phenoxy) is 1. The highest BCUT2D eigenvalue weighted by Gasteiger charge is 2.35. The number of benzene rings is 2. The molecule has 15 heteroatoms. The molecule has 2 N–H and O–H groups in total. The number of halogens is 5. The Bertz CT molecular complexity index is 1820. The summed E-state index contributed by atoms with van der Waals surface area (Å²) in [6, 6.07) is 10.6. The number of aliphatic hydroxyl groups is 1. The number of alkyl halides is 3. The Morgan fingerprint density at radius 3 is 2.52 bits per heavy atom. The fourth-order valence-corrected chi connectivity index (χ4v) is 5.08. The molecule has 0 aliphatic carbocycles. The molecule has 0 spiro atoms. The Morgan fingerprint density at radius 2 is 1.80 bits per heavy atom. The van der Waals surface area contributed by atoms with Crippen LogP contribution in [0.3, 0.4) is 0 Å². The topological polar surface area (TPSA) is 114 Å². The molecule has 5 aromatic rings. The van der Waals surface area contributed by atoms with E-state index in [1.165, 1.54) is 9.58 Å². The lowest BCUT2D eigenvalue weighted by Gasteiger charge is -2.16. The number of fused-ring (bicyclic) bond motifs is 2. The Labute approximate surface area is 247 Å². The molecule has 0 unspecified atom stereocenters. The summed E-state index contributed by atoms with van der Waals surface area (Å²) in [7, 11) is 0. The second-order valence-corrected chi connectivity index (χ2v) is 10.2. The van der Waals surface area contributed by atoms with E-state index in [2.05, 4.69) is 30.4 Å². The predicted molar refractivity (Wildman–Crippen MR) is 149 cm³/mol. The Kier molecular flexibility index (Phi) is 7.82. The second kappa shape index (κ2) is 11.7. The van der Waals surface area contributed by atoms with Crippen LogP contribution >= 0.6 is 0 Å². The van der Waals surface area contributed by atoms with Crippen LogP contribution < -0.4 is 10.1 Å². The van der Waals surface area contributed by atoms with Gasteiger partial charge in [0.1, 0.15) is 47.1 Å². The summed E-state index contributed by atoms with van der Waals surface area (Å²) in [5, 5.41) is 17.2. The Hall–Kier alpha value is -4.76. The van der Waals surface area contributed by atoms with Crippen LogP contribution in [0.2, 0.25) is 0 Å². The largest absolute Gasteiger partial charge is 0.491 e. The number of aromatic nitrogens is 6. The summed E-state index contributed by atoms with van der Waals surface area (Å²) in [5.74, 6) is -0.512. The van der Waals surface area contributed by atoms with Crippen LogP contribution in [0.5, 0.6) is 5.75 Å². The van der Waals surface area contributed by atoms with Gasteiger partial charge in [-0.2, -0.15) is 18.3 Å². The summed E-state index contributed by atoms with van der Waals surface area (Å²) in [5.41, 5.74) is 1.43. The van der Waals surface area contributed by atoms with Crippen molar-refractivity contribution in [2.75, 3.05) is 25.1 Å². The fraction of sp³-hybridized carbons (Fsp3) is 0.276. The maximum Gasteiger partial charge on any atom is 0.401 e. The second-order valence-electron chi connectivity index (χ2n) is 10.2. The normalized spacial score (nSPS) is 13.4. The number of anilines is 2. The number of rotatable bonds is 9. The zero-order chi connectivity index (χ0) is 31.0. The summed E-state index contributed by atoms with van der Waals surface area (Å²) >= 11 is 0. The SMILES string of the molecule is Cc1nccc(Nc2nc(-c3nn(Cc4c(F)cc(OCCO)cc4F)c4ccccc34)nc3c2CN(CC(F)(F)F)C3)n1. The van der Waals surface area contributed by atoms with Crippen molar-refractivity contribution in [2.24, 2.45) is 0 Å². The molecular formula is C29H25F5N8O2. The first-order valence-electron chi connectivity index (χ1n) is 13.5. The third-order valence-electron chi connectivity index (χ3n) is 6.93. The lowest BCUT2D eigenvalue weighted by atomic mass is 10.1. The van der Waals surface area contributed by atoms with Crippen LogP contribution in [0.1, 0.15) is 22.6 Å². The van der Waals surface area contributed by atoms with Gasteiger partial charge >= 0.3 is 6.18 Å². The summed E-state index contributed by atoms with van der Waals surface area (Å²) in [6.45, 7) is -0.236. The first-order valence-corrected chi connectivity index (χ1v) is 13.5. The number of hydrogen-bond acceptors (Lipinski definition) is 9. The van der Waals surface area contributed by atoms with Gasteiger partial charge in [-0.3, -0.25) is 9.58 Å². The molecule has 10 nitrogen and oxygen atoms in total. The minimum Gasteiger partial charge on any atom is -0.491 e. The van der Waals surface area contributed by atoms with Crippen LogP contribution in [0, 0.1) is 18.6 Å². The lowest BCUT2D eigenvalue weighted by Crippen LogP contribution is -2.30. The molecule has 3 aromatic heterocycles. The van der Waals surface area contributed by atoms with Gasteiger partial charge in [0.2, 0.25) is 0 Å². The number of aryl methyl sites for hydroxylation is 1. The zero-order valence-electron chi connectivity index (χ0n) is 23.2. The van der Waals surface area contributed by atoms with E-state index in [4.69, 9.17) is 9.84 Å². The average Bonchev–Trinajstić information content (AvgIpc) is 3.54. The Balaban J connectivity index is 1.42. The van der Waals surface area contributed by atoms with Crippen LogP contribution in [0.15, 0.2) is 48.7 Å². The first kappa shape index (κ1) is 29.3. The third kappa shape index (κ3) is 6.14. The quantitative estimate of drug-likeness (QED) is 0.224. The molecule has 0 atom stereocenters. The predicted octanol–water partition coefficient (Wildman–Crippen LogP) is 4.91. The number of para-hydroxylation sites is 1. The third-order valence-corrected chi connectivity index (χ3v) is 6.93. The van der Waals surface area contributed by atoms with Gasteiger partial charge in [-0.25, -0.2) is 28.7 Å². The van der Waals surface area contributed by atoms with Crippen molar-refractivity contribution < 1.29 is 31.8 Å². The average molecular weight is 613 g/mol. The molecule has 0 amide bonds. The van der Waals surface area contributed by atoms with E-state index in [-0.39, 0.29) is 61.5 Å². The van der Waals surface area contributed by atoms with Crippen LogP contribution in [0.25, 0.3) is 22.4 Å². The number of nitrogens with one attached hydrogen (secondary N) is 1. The first-order chi connectivity index (χ1) is 21.1. The van der Waals surface area contributed by atoms with E-state index >= 15 is 0 Å². The van der Waals surface area contributed by atoms with Gasteiger partial charge < -0.3 is 15.2 Å². The van der Waals surface area contributed by atoms with E-state index in [0.29, 0.717) is 33.8 Å². The van der Waals surface area contributed by atoms with E-state index in [1.807, 2.05) is 0 Å². The summed E-state index contributed by atoms with van der Waals surface area (Å²) < 4.78 is 76.3. The molecule has 2 aromatic carbocycles. The summed E-state index contributed by atoms with van der Waals surface area (Å²) in [4.78, 5) is 18.9. The monoisotopic (exact) mass is 612 g/mol. The molecule has 1 aliphatic rings. The maximum atomic E-state index is 15.0. The molecule has 0 radical (unpaired) electrons. The van der Waals surface area contributed by atoms with Gasteiger partial charge in [-0.05, 0) is 19.1 Å². The van der Waals surface area contributed by atoms with E-state index in [9.17, 15) is 22.0 Å². The molecule has 4 heterocycles. The van der Waals surface area contributed by atoms with Crippen molar-refractivity contribution in [3.05, 3.63) is 82.9 Å². The minimum atomic E-state index is -4.40. The van der Waals surface area contributed by atoms with Gasteiger partial charge in [0.05, 0.1) is 30.9 Å².